The predicted molar refractivity (Wildman–Crippen MR) is 129 cm³/mol. The molecule has 2 aromatic rings. The van der Waals surface area contributed by atoms with E-state index >= 15 is 0 Å². The lowest BCUT2D eigenvalue weighted by atomic mass is 10.2. The summed E-state index contributed by atoms with van der Waals surface area (Å²) in [7, 11) is 0. The molecule has 1 aromatic carbocycles. The van der Waals surface area contributed by atoms with Crippen molar-refractivity contribution in [3.05, 3.63) is 30.1 Å². The number of urea groups is 1. The van der Waals surface area contributed by atoms with Gasteiger partial charge in [-0.3, -0.25) is 9.78 Å². The van der Waals surface area contributed by atoms with Crippen LogP contribution in [0.5, 0.6) is 0 Å². The van der Waals surface area contributed by atoms with Gasteiger partial charge in [-0.2, -0.15) is 0 Å². The van der Waals surface area contributed by atoms with Crippen molar-refractivity contribution < 1.29 is 19.1 Å². The topological polar surface area (TPSA) is 118 Å². The van der Waals surface area contributed by atoms with Crippen molar-refractivity contribution in [2.75, 3.05) is 64.5 Å². The Morgan fingerprint density at radius 2 is 1.70 bits per heavy atom. The quantitative estimate of drug-likeness (QED) is 0.349. The van der Waals surface area contributed by atoms with Crippen LogP contribution in [0.4, 0.5) is 10.5 Å². The van der Waals surface area contributed by atoms with Crippen LogP contribution in [0.2, 0.25) is 0 Å². The van der Waals surface area contributed by atoms with Gasteiger partial charge >= 0.3 is 6.03 Å². The predicted octanol–water partition coefficient (Wildman–Crippen LogP) is 2.27. The molecule has 0 bridgehead atoms. The first-order valence-corrected chi connectivity index (χ1v) is 11.5. The SMILES string of the molecule is CCCOCCOCCNC(=O)Nc1ccc2nc(C(=O)NCCN(CC)CC)cnc2c1. The maximum absolute atomic E-state index is 12.4. The standard InChI is InChI=1S/C23H36N6O4/c1-4-12-32-14-15-33-13-10-25-23(31)27-18-7-8-19-20(16-18)26-17-21(28-19)22(30)24-9-11-29(5-2)6-3/h7-8,16-17H,4-6,9-15H2,1-3H3,(H,24,30)(H2,25,27,31). The molecule has 0 atom stereocenters. The maximum Gasteiger partial charge on any atom is 0.319 e. The maximum atomic E-state index is 12.4. The van der Waals surface area contributed by atoms with Crippen molar-refractivity contribution in [3.8, 4) is 0 Å². The largest absolute Gasteiger partial charge is 0.379 e. The van der Waals surface area contributed by atoms with Crippen molar-refractivity contribution in [1.29, 1.82) is 0 Å². The Morgan fingerprint density at radius 1 is 0.939 bits per heavy atom. The first-order chi connectivity index (χ1) is 16.1. The normalized spacial score (nSPS) is 11.0. The zero-order valence-corrected chi connectivity index (χ0v) is 19.9. The van der Waals surface area contributed by atoms with E-state index in [-0.39, 0.29) is 17.6 Å². The van der Waals surface area contributed by atoms with Crippen LogP contribution in [0, 0.1) is 0 Å². The van der Waals surface area contributed by atoms with E-state index in [1.54, 1.807) is 18.2 Å². The number of anilines is 1. The van der Waals surface area contributed by atoms with Crippen LogP contribution in [0.3, 0.4) is 0 Å². The minimum atomic E-state index is -0.336. The fourth-order valence-corrected chi connectivity index (χ4v) is 3.03. The van der Waals surface area contributed by atoms with E-state index in [9.17, 15) is 9.59 Å². The third kappa shape index (κ3) is 9.68. The second-order valence-electron chi connectivity index (χ2n) is 7.35. The number of ether oxygens (including phenoxy) is 2. The molecular weight excluding hydrogens is 424 g/mol. The summed E-state index contributed by atoms with van der Waals surface area (Å²) in [6.45, 7) is 12.0. The number of carbonyl (C=O) groups is 2. The summed E-state index contributed by atoms with van der Waals surface area (Å²) in [5.74, 6) is -0.253. The monoisotopic (exact) mass is 460 g/mol. The summed E-state index contributed by atoms with van der Waals surface area (Å²) >= 11 is 0. The van der Waals surface area contributed by atoms with E-state index in [0.717, 1.165) is 32.7 Å². The van der Waals surface area contributed by atoms with Crippen LogP contribution in [0.1, 0.15) is 37.7 Å². The van der Waals surface area contributed by atoms with Crippen LogP contribution in [0.25, 0.3) is 11.0 Å². The number of hydrogen-bond donors (Lipinski definition) is 3. The summed E-state index contributed by atoms with van der Waals surface area (Å²) in [6, 6.07) is 4.83. The van der Waals surface area contributed by atoms with Crippen LogP contribution < -0.4 is 16.0 Å². The van der Waals surface area contributed by atoms with Crippen LogP contribution in [0.15, 0.2) is 24.4 Å². The minimum absolute atomic E-state index is 0.253. The number of aromatic nitrogens is 2. The number of fused-ring (bicyclic) bond motifs is 1. The Balaban J connectivity index is 1.78. The van der Waals surface area contributed by atoms with Crippen LogP contribution >= 0.6 is 0 Å². The molecule has 0 radical (unpaired) electrons. The third-order valence-corrected chi connectivity index (χ3v) is 4.89. The molecule has 0 unspecified atom stereocenters. The first kappa shape index (κ1) is 26.4. The van der Waals surface area contributed by atoms with Crippen molar-refractivity contribution in [2.24, 2.45) is 0 Å². The number of likely N-dealkylation sites (N-methyl/N-ethyl adjacent to an activating group) is 1. The molecule has 2 rings (SSSR count). The second kappa shape index (κ2) is 15.1. The van der Waals surface area contributed by atoms with E-state index in [4.69, 9.17) is 9.47 Å². The lowest BCUT2D eigenvalue weighted by Crippen LogP contribution is -2.35. The molecule has 0 aliphatic heterocycles. The average Bonchev–Trinajstić information content (AvgIpc) is 2.83. The Morgan fingerprint density at radius 3 is 2.42 bits per heavy atom. The fourth-order valence-electron chi connectivity index (χ4n) is 3.03. The molecule has 1 aromatic heterocycles. The molecule has 10 heteroatoms. The van der Waals surface area contributed by atoms with Gasteiger partial charge in [0.15, 0.2) is 0 Å². The highest BCUT2D eigenvalue weighted by atomic mass is 16.5. The van der Waals surface area contributed by atoms with Gasteiger partial charge in [0.1, 0.15) is 5.69 Å². The summed E-state index contributed by atoms with van der Waals surface area (Å²) in [5, 5.41) is 8.37. The molecular formula is C23H36N6O4. The van der Waals surface area contributed by atoms with E-state index < -0.39 is 0 Å². The average molecular weight is 461 g/mol. The summed E-state index contributed by atoms with van der Waals surface area (Å²) in [6.07, 6.45) is 2.43. The molecule has 3 amide bonds. The number of rotatable bonds is 15. The number of nitrogens with one attached hydrogen (secondary N) is 3. The molecule has 3 N–H and O–H groups in total. The van der Waals surface area contributed by atoms with Gasteiger partial charge in [-0.15, -0.1) is 0 Å². The van der Waals surface area contributed by atoms with Crippen molar-refractivity contribution in [2.45, 2.75) is 27.2 Å². The van der Waals surface area contributed by atoms with Gasteiger partial charge in [-0.25, -0.2) is 9.78 Å². The number of benzene rings is 1. The Labute approximate surface area is 195 Å². The number of carbonyl (C=O) groups excluding carboxylic acids is 2. The third-order valence-electron chi connectivity index (χ3n) is 4.89. The van der Waals surface area contributed by atoms with Gasteiger partial charge in [0, 0.05) is 31.9 Å². The smallest absolute Gasteiger partial charge is 0.319 e. The van der Waals surface area contributed by atoms with Crippen molar-refractivity contribution in [1.82, 2.24) is 25.5 Å². The lowest BCUT2D eigenvalue weighted by molar-refractivity contribution is 0.0497. The molecule has 182 valence electrons. The molecule has 1 heterocycles. The van der Waals surface area contributed by atoms with Gasteiger partial charge in [0.25, 0.3) is 5.91 Å². The highest BCUT2D eigenvalue weighted by molar-refractivity contribution is 5.95. The first-order valence-electron chi connectivity index (χ1n) is 11.5. The summed E-state index contributed by atoms with van der Waals surface area (Å²) in [5.41, 5.74) is 2.01. The molecule has 33 heavy (non-hydrogen) atoms. The minimum Gasteiger partial charge on any atom is -0.379 e. The number of hydrogen-bond acceptors (Lipinski definition) is 7. The molecule has 0 spiro atoms. The van der Waals surface area contributed by atoms with Gasteiger partial charge in [-0.1, -0.05) is 20.8 Å². The molecule has 0 saturated carbocycles. The van der Waals surface area contributed by atoms with Crippen LogP contribution in [-0.2, 0) is 9.47 Å². The zero-order chi connectivity index (χ0) is 23.9. The van der Waals surface area contributed by atoms with E-state index in [0.29, 0.717) is 49.6 Å². The highest BCUT2D eigenvalue weighted by Gasteiger charge is 2.10. The van der Waals surface area contributed by atoms with Crippen molar-refractivity contribution in [3.63, 3.8) is 0 Å². The zero-order valence-electron chi connectivity index (χ0n) is 19.9. The van der Waals surface area contributed by atoms with Crippen LogP contribution in [-0.4, -0.2) is 86.0 Å². The number of nitrogens with zero attached hydrogens (tertiary/aromatic N) is 3. The van der Waals surface area contributed by atoms with Gasteiger partial charge in [0.05, 0.1) is 37.1 Å². The van der Waals surface area contributed by atoms with Gasteiger partial charge < -0.3 is 30.3 Å². The van der Waals surface area contributed by atoms with E-state index in [2.05, 4.69) is 51.6 Å². The molecule has 0 fully saturated rings. The second-order valence-corrected chi connectivity index (χ2v) is 7.35. The molecule has 10 nitrogen and oxygen atoms in total. The Kier molecular flexibility index (Phi) is 12.1. The Hall–Kier alpha value is -2.82. The van der Waals surface area contributed by atoms with E-state index in [1.165, 1.54) is 6.20 Å². The summed E-state index contributed by atoms with van der Waals surface area (Å²) < 4.78 is 10.7. The Bertz CT molecular complexity index is 875. The number of amides is 3. The molecule has 0 aliphatic rings. The van der Waals surface area contributed by atoms with E-state index in [1.807, 2.05) is 0 Å². The van der Waals surface area contributed by atoms with Crippen molar-refractivity contribution >= 4 is 28.7 Å². The fraction of sp³-hybridized carbons (Fsp3) is 0.565. The molecule has 0 saturated heterocycles. The van der Waals surface area contributed by atoms with Gasteiger partial charge in [0.2, 0.25) is 0 Å². The summed E-state index contributed by atoms with van der Waals surface area (Å²) in [4.78, 5) is 35.4. The lowest BCUT2D eigenvalue weighted by Gasteiger charge is -2.17. The molecule has 0 aliphatic carbocycles. The van der Waals surface area contributed by atoms with Gasteiger partial charge in [-0.05, 0) is 37.7 Å². The highest BCUT2D eigenvalue weighted by Crippen LogP contribution is 2.16.